The average Bonchev–Trinajstić information content (AvgIpc) is 2.93. The van der Waals surface area contributed by atoms with Crippen LogP contribution in [0.15, 0.2) is 48.6 Å². The number of rotatable bonds is 2. The van der Waals surface area contributed by atoms with Crippen LogP contribution in [0.2, 0.25) is 0 Å². The van der Waals surface area contributed by atoms with Crippen molar-refractivity contribution in [3.05, 3.63) is 66.8 Å². The third kappa shape index (κ3) is 2.37. The van der Waals surface area contributed by atoms with E-state index in [0.717, 1.165) is 5.56 Å². The van der Waals surface area contributed by atoms with Gasteiger partial charge in [0.25, 0.3) is 0 Å². The average molecular weight is 520 g/mol. The van der Waals surface area contributed by atoms with Gasteiger partial charge in [-0.2, -0.15) is 0 Å². The highest BCUT2D eigenvalue weighted by Crippen LogP contribution is 2.47. The van der Waals surface area contributed by atoms with Crippen LogP contribution in [0.3, 0.4) is 0 Å². The Morgan fingerprint density at radius 2 is 1.73 bits per heavy atom. The Hall–Kier alpha value is -1.29. The summed E-state index contributed by atoms with van der Waals surface area (Å²) >= 11 is 3.85. The minimum absolute atomic E-state index is 0.0129. The third-order valence-electron chi connectivity index (χ3n) is 3.49. The second-order valence-electron chi connectivity index (χ2n) is 4.77. The number of phenols is 2. The van der Waals surface area contributed by atoms with Crippen molar-refractivity contribution in [1.82, 2.24) is 0 Å². The van der Waals surface area contributed by atoms with Crippen molar-refractivity contribution in [3.8, 4) is 11.5 Å². The van der Waals surface area contributed by atoms with Gasteiger partial charge >= 0.3 is 5.97 Å². The zero-order valence-electron chi connectivity index (χ0n) is 11.1. The van der Waals surface area contributed by atoms with Gasteiger partial charge in [-0.3, -0.25) is 0 Å². The Balaban J connectivity index is 2.30. The number of aromatic hydroxyl groups is 2. The van der Waals surface area contributed by atoms with Gasteiger partial charge < -0.3 is 14.9 Å². The highest BCUT2D eigenvalue weighted by molar-refractivity contribution is 14.1. The van der Waals surface area contributed by atoms with Crippen LogP contribution in [0.5, 0.6) is 11.5 Å². The van der Waals surface area contributed by atoms with E-state index in [2.05, 4.69) is 0 Å². The molecule has 1 aliphatic heterocycles. The predicted molar refractivity (Wildman–Crippen MR) is 97.7 cm³/mol. The van der Waals surface area contributed by atoms with Gasteiger partial charge in [-0.1, -0.05) is 30.3 Å². The number of esters is 1. The fourth-order valence-corrected chi connectivity index (χ4v) is 4.11. The lowest BCUT2D eigenvalue weighted by Crippen LogP contribution is -2.27. The number of hydrogen-bond donors (Lipinski definition) is 2. The highest BCUT2D eigenvalue weighted by Gasteiger charge is 2.42. The van der Waals surface area contributed by atoms with Crippen LogP contribution in [0.1, 0.15) is 11.1 Å². The van der Waals surface area contributed by atoms with E-state index < -0.39 is 11.6 Å². The molecular formula is C16H10I2O4. The molecule has 1 aliphatic rings. The number of ether oxygens (including phenoxy) is 1. The van der Waals surface area contributed by atoms with Gasteiger partial charge in [0.1, 0.15) is 11.5 Å². The molecular weight excluding hydrogens is 510 g/mol. The summed E-state index contributed by atoms with van der Waals surface area (Å²) < 4.78 is 6.45. The number of halogens is 2. The number of benzene rings is 2. The molecule has 1 atom stereocenters. The Morgan fingerprint density at radius 3 is 2.32 bits per heavy atom. The lowest BCUT2D eigenvalue weighted by molar-refractivity contribution is -0.143. The Kier molecular flexibility index (Phi) is 4.06. The van der Waals surface area contributed by atoms with Crippen molar-refractivity contribution >= 4 is 51.2 Å². The summed E-state index contributed by atoms with van der Waals surface area (Å²) in [6, 6.07) is 10.8. The Bertz CT molecular complexity index is 786. The monoisotopic (exact) mass is 520 g/mol. The van der Waals surface area contributed by atoms with Crippen molar-refractivity contribution in [1.29, 1.82) is 0 Å². The third-order valence-corrected chi connectivity index (χ3v) is 5.33. The number of cyclic esters (lactones) is 1. The van der Waals surface area contributed by atoms with Crippen molar-refractivity contribution in [2.24, 2.45) is 0 Å². The molecule has 2 aromatic carbocycles. The summed E-state index contributed by atoms with van der Waals surface area (Å²) in [5.41, 5.74) is -0.0345. The molecule has 0 aromatic heterocycles. The van der Waals surface area contributed by atoms with Crippen molar-refractivity contribution in [2.45, 2.75) is 5.60 Å². The number of hydrogen-bond acceptors (Lipinski definition) is 4. The lowest BCUT2D eigenvalue weighted by Gasteiger charge is -2.29. The molecule has 0 amide bonds. The first-order chi connectivity index (χ1) is 10.5. The van der Waals surface area contributed by atoms with Gasteiger partial charge in [0.05, 0.1) is 7.14 Å². The van der Waals surface area contributed by atoms with E-state index in [-0.39, 0.29) is 11.5 Å². The van der Waals surface area contributed by atoms with Crippen LogP contribution in [-0.4, -0.2) is 16.2 Å². The molecule has 0 spiro atoms. The molecule has 3 rings (SSSR count). The maximum Gasteiger partial charge on any atom is 0.332 e. The molecule has 2 aromatic rings. The van der Waals surface area contributed by atoms with E-state index >= 15 is 0 Å². The first kappa shape index (κ1) is 15.6. The van der Waals surface area contributed by atoms with E-state index in [0.29, 0.717) is 12.7 Å². The van der Waals surface area contributed by atoms with Crippen molar-refractivity contribution in [3.63, 3.8) is 0 Å². The normalized spacial score (nSPS) is 20.2. The maximum absolute atomic E-state index is 11.7. The second kappa shape index (κ2) is 5.73. The smallest absolute Gasteiger partial charge is 0.332 e. The Morgan fingerprint density at radius 1 is 1.05 bits per heavy atom. The fraction of sp³-hybridized carbons (Fsp3) is 0.0625. The number of carbonyl (C=O) groups excluding carboxylic acids is 1. The van der Waals surface area contributed by atoms with Gasteiger partial charge in [0.15, 0.2) is 5.60 Å². The molecule has 4 nitrogen and oxygen atoms in total. The van der Waals surface area contributed by atoms with E-state index in [1.54, 1.807) is 12.1 Å². The van der Waals surface area contributed by atoms with Crippen LogP contribution in [0.25, 0.3) is 0 Å². The minimum Gasteiger partial charge on any atom is -0.506 e. The van der Waals surface area contributed by atoms with Crippen LogP contribution in [0.4, 0.5) is 0 Å². The van der Waals surface area contributed by atoms with E-state index in [9.17, 15) is 15.0 Å². The predicted octanol–water partition coefficient (Wildman–Crippen LogP) is 3.66. The number of carbonyl (C=O) groups is 1. The highest BCUT2D eigenvalue weighted by atomic mass is 127. The molecule has 0 aliphatic carbocycles. The summed E-state index contributed by atoms with van der Waals surface area (Å²) in [6.07, 6.45) is 2.97. The van der Waals surface area contributed by atoms with Crippen molar-refractivity contribution < 1.29 is 19.7 Å². The first-order valence-electron chi connectivity index (χ1n) is 6.34. The fourth-order valence-electron chi connectivity index (χ4n) is 2.44. The molecule has 0 fully saturated rings. The molecule has 0 radical (unpaired) electrons. The van der Waals surface area contributed by atoms with Crippen molar-refractivity contribution in [2.75, 3.05) is 0 Å². The van der Waals surface area contributed by atoms with Crippen LogP contribution < -0.4 is 0 Å². The van der Waals surface area contributed by atoms with E-state index in [1.807, 2.05) is 75.5 Å². The summed E-state index contributed by atoms with van der Waals surface area (Å²) in [4.78, 5) is 11.7. The van der Waals surface area contributed by atoms with E-state index in [1.165, 1.54) is 6.08 Å². The van der Waals surface area contributed by atoms with E-state index in [4.69, 9.17) is 4.74 Å². The van der Waals surface area contributed by atoms with Gasteiger partial charge in [-0.05, 0) is 57.3 Å². The molecule has 0 saturated heterocycles. The topological polar surface area (TPSA) is 66.8 Å². The van der Waals surface area contributed by atoms with Gasteiger partial charge in [-0.25, -0.2) is 4.79 Å². The first-order valence-corrected chi connectivity index (χ1v) is 8.49. The quantitative estimate of drug-likeness (QED) is 0.469. The molecule has 1 heterocycles. The summed E-state index contributed by atoms with van der Waals surface area (Å²) in [6.45, 7) is 0. The summed E-state index contributed by atoms with van der Waals surface area (Å²) in [5, 5.41) is 20.4. The van der Waals surface area contributed by atoms with Gasteiger partial charge in [-0.15, -0.1) is 0 Å². The Labute approximate surface area is 154 Å². The molecule has 0 bridgehead atoms. The summed E-state index contributed by atoms with van der Waals surface area (Å²) in [7, 11) is 0. The second-order valence-corrected chi connectivity index (χ2v) is 7.01. The van der Waals surface area contributed by atoms with Gasteiger partial charge in [0, 0.05) is 17.2 Å². The molecule has 0 saturated carbocycles. The van der Waals surface area contributed by atoms with Crippen LogP contribution in [-0.2, 0) is 15.1 Å². The molecule has 112 valence electrons. The number of phenolic OH excluding ortho intramolecular Hbond substituents is 2. The van der Waals surface area contributed by atoms with Crippen LogP contribution in [0, 0.1) is 7.14 Å². The molecule has 22 heavy (non-hydrogen) atoms. The largest absolute Gasteiger partial charge is 0.506 e. The minimum atomic E-state index is -1.18. The zero-order valence-corrected chi connectivity index (χ0v) is 15.4. The standard InChI is InChI=1S/C16H10I2O4/c17-11-8-10(14(20)13(18)15(11)21)16(7-6-12(19)22-16)9-4-2-1-3-5-9/h1-8,20-21H. The van der Waals surface area contributed by atoms with Gasteiger partial charge in [0.2, 0.25) is 0 Å². The van der Waals surface area contributed by atoms with Crippen LogP contribution >= 0.6 is 45.2 Å². The zero-order chi connectivity index (χ0) is 15.9. The SMILES string of the molecule is O=C1C=CC(c2ccccc2)(c2cc(I)c(O)c(I)c2O)O1. The summed E-state index contributed by atoms with van der Waals surface area (Å²) in [5.74, 6) is -0.554. The molecule has 2 N–H and O–H groups in total. The molecule has 6 heteroatoms. The maximum atomic E-state index is 11.7. The lowest BCUT2D eigenvalue weighted by atomic mass is 9.86. The molecule has 1 unspecified atom stereocenters.